The maximum atomic E-state index is 13.5. The van der Waals surface area contributed by atoms with Gasteiger partial charge in [0.2, 0.25) is 0 Å². The first-order valence-corrected chi connectivity index (χ1v) is 17.3. The third-order valence-electron chi connectivity index (χ3n) is 9.00. The van der Waals surface area contributed by atoms with Crippen LogP contribution in [0.2, 0.25) is 0 Å². The zero-order chi connectivity index (χ0) is 33.7. The van der Waals surface area contributed by atoms with Crippen molar-refractivity contribution in [1.29, 1.82) is 0 Å². The molecule has 4 aromatic carbocycles. The highest BCUT2D eigenvalue weighted by atomic mass is 16.5. The molecule has 0 fully saturated rings. The smallest absolute Gasteiger partial charge is 0.394 e. The van der Waals surface area contributed by atoms with Gasteiger partial charge in [0.25, 0.3) is 5.91 Å². The molecule has 3 N–H and O–H groups in total. The summed E-state index contributed by atoms with van der Waals surface area (Å²) in [5, 5.41) is 14.4. The Bertz CT molecular complexity index is 1680. The lowest BCUT2D eigenvalue weighted by Gasteiger charge is -2.36. The number of fused-ring (bicyclic) bond motifs is 2. The molecule has 2 amide bonds. The third kappa shape index (κ3) is 8.91. The van der Waals surface area contributed by atoms with Crippen LogP contribution in [0, 0.1) is 0 Å². The van der Waals surface area contributed by atoms with Crippen molar-refractivity contribution in [1.82, 2.24) is 10.6 Å². The van der Waals surface area contributed by atoms with E-state index in [-0.39, 0.29) is 18.4 Å². The minimum Gasteiger partial charge on any atom is -0.474 e. The van der Waals surface area contributed by atoms with E-state index in [1.807, 2.05) is 42.5 Å². The fourth-order valence-corrected chi connectivity index (χ4v) is 6.47. The van der Waals surface area contributed by atoms with Crippen molar-refractivity contribution >= 4 is 17.8 Å². The molecule has 1 aliphatic rings. The molecule has 5 rings (SSSR count). The van der Waals surface area contributed by atoms with Crippen LogP contribution in [-0.2, 0) is 16.1 Å². The number of ether oxygens (including phenoxy) is 1. The normalized spacial score (nSPS) is 13.0. The Balaban J connectivity index is 1.21. The lowest BCUT2D eigenvalue weighted by molar-refractivity contribution is -0.150. The first-order chi connectivity index (χ1) is 23.5. The molecule has 2 bridgehead atoms. The van der Waals surface area contributed by atoms with Gasteiger partial charge in [-0.2, -0.15) is 0 Å². The highest BCUT2D eigenvalue weighted by molar-refractivity contribution is 6.31. The standard InChI is InChI=1S/C41H46N2O5/c1-2-3-4-5-6-7-8-9-10-14-26-42-39(44)38-35-25-24-34(30-17-12-11-13-18-30)37(38)36(35)31-20-22-32(23-21-31)48-33-19-15-16-29(27-33)28-43-40(45)41(46)47/h11-13,15-25,27,36H,2-10,14,26,28H2,1H3,(H,42,44)(H,43,45)(H,46,47). The summed E-state index contributed by atoms with van der Waals surface area (Å²) >= 11 is 0. The van der Waals surface area contributed by atoms with Crippen molar-refractivity contribution in [3.63, 3.8) is 0 Å². The van der Waals surface area contributed by atoms with Crippen LogP contribution in [-0.4, -0.2) is 29.4 Å². The maximum absolute atomic E-state index is 13.5. The number of nitrogens with one attached hydrogen (secondary N) is 2. The van der Waals surface area contributed by atoms with Gasteiger partial charge >= 0.3 is 11.9 Å². The van der Waals surface area contributed by atoms with E-state index >= 15 is 0 Å². The number of benzene rings is 4. The van der Waals surface area contributed by atoms with Crippen LogP contribution < -0.4 is 15.4 Å². The van der Waals surface area contributed by atoms with Crippen molar-refractivity contribution < 1.29 is 24.2 Å². The molecule has 1 aliphatic carbocycles. The van der Waals surface area contributed by atoms with Crippen LogP contribution in [0.25, 0.3) is 11.1 Å². The highest BCUT2D eigenvalue weighted by Crippen LogP contribution is 2.50. The second kappa shape index (κ2) is 17.3. The molecular weight excluding hydrogens is 600 g/mol. The minimum atomic E-state index is -1.52. The highest BCUT2D eigenvalue weighted by Gasteiger charge is 2.38. The minimum absolute atomic E-state index is 0.00138. The summed E-state index contributed by atoms with van der Waals surface area (Å²) in [4.78, 5) is 35.7. The number of hydrogen-bond acceptors (Lipinski definition) is 4. The Morgan fingerprint density at radius 2 is 1.40 bits per heavy atom. The van der Waals surface area contributed by atoms with Gasteiger partial charge in [-0.15, -0.1) is 0 Å². The number of rotatable bonds is 18. The number of carbonyl (C=O) groups excluding carboxylic acids is 2. The molecule has 4 aromatic rings. The summed E-state index contributed by atoms with van der Waals surface area (Å²) in [5.74, 6) is -1.35. The number of hydrogen-bond donors (Lipinski definition) is 3. The van der Waals surface area contributed by atoms with Gasteiger partial charge in [-0.3, -0.25) is 9.59 Å². The van der Waals surface area contributed by atoms with Crippen LogP contribution in [0.5, 0.6) is 11.5 Å². The largest absolute Gasteiger partial charge is 0.474 e. The number of aliphatic carboxylic acids is 1. The number of unbranched alkanes of at least 4 members (excludes halogenated alkanes) is 9. The van der Waals surface area contributed by atoms with E-state index in [1.54, 1.807) is 24.3 Å². The molecule has 0 saturated carbocycles. The topological polar surface area (TPSA) is 105 Å². The van der Waals surface area contributed by atoms with Crippen molar-refractivity contribution in [2.45, 2.75) is 83.6 Å². The summed E-state index contributed by atoms with van der Waals surface area (Å²) in [7, 11) is 0. The molecule has 0 radical (unpaired) electrons. The van der Waals surface area contributed by atoms with Crippen molar-refractivity contribution in [3.05, 3.63) is 119 Å². The van der Waals surface area contributed by atoms with E-state index in [4.69, 9.17) is 9.84 Å². The first kappa shape index (κ1) is 34.4. The number of carbonyl (C=O) groups is 3. The van der Waals surface area contributed by atoms with E-state index in [9.17, 15) is 14.4 Å². The quantitative estimate of drug-likeness (QED) is 0.0651. The van der Waals surface area contributed by atoms with Gasteiger partial charge in [-0.05, 0) is 64.1 Å². The molecule has 0 aromatic heterocycles. The molecule has 0 aliphatic heterocycles. The zero-order valence-corrected chi connectivity index (χ0v) is 27.8. The summed E-state index contributed by atoms with van der Waals surface area (Å²) in [6, 6.07) is 29.5. The van der Waals surface area contributed by atoms with Gasteiger partial charge in [0, 0.05) is 24.6 Å². The number of carboxylic acids is 1. The van der Waals surface area contributed by atoms with Crippen LogP contribution in [0.15, 0.2) is 91.0 Å². The molecule has 250 valence electrons. The molecule has 48 heavy (non-hydrogen) atoms. The van der Waals surface area contributed by atoms with Gasteiger partial charge < -0.3 is 20.5 Å². The third-order valence-corrected chi connectivity index (χ3v) is 9.00. The lowest BCUT2D eigenvalue weighted by Crippen LogP contribution is -2.33. The first-order valence-electron chi connectivity index (χ1n) is 17.3. The Hall–Kier alpha value is -4.91. The van der Waals surface area contributed by atoms with Crippen molar-refractivity contribution in [3.8, 4) is 22.6 Å². The number of carboxylic acid groups (broad SMARTS) is 1. The molecule has 7 heteroatoms. The average Bonchev–Trinajstić information content (AvgIpc) is 3.10. The van der Waals surface area contributed by atoms with Crippen LogP contribution in [0.3, 0.4) is 0 Å². The van der Waals surface area contributed by atoms with Crippen LogP contribution in [0.1, 0.15) is 110 Å². The van der Waals surface area contributed by atoms with Gasteiger partial charge in [0.05, 0.1) is 0 Å². The Labute approximate surface area is 283 Å². The van der Waals surface area contributed by atoms with Crippen LogP contribution in [0.4, 0.5) is 0 Å². The van der Waals surface area contributed by atoms with Crippen molar-refractivity contribution in [2.75, 3.05) is 6.54 Å². The molecular formula is C41H46N2O5. The van der Waals surface area contributed by atoms with E-state index in [0.29, 0.717) is 18.0 Å². The monoisotopic (exact) mass is 646 g/mol. The molecule has 1 atom stereocenters. The van der Waals surface area contributed by atoms with Crippen LogP contribution >= 0.6 is 0 Å². The van der Waals surface area contributed by atoms with Gasteiger partial charge in [0.15, 0.2) is 0 Å². The maximum Gasteiger partial charge on any atom is 0.394 e. The van der Waals surface area contributed by atoms with Crippen molar-refractivity contribution in [2.24, 2.45) is 0 Å². The summed E-state index contributed by atoms with van der Waals surface area (Å²) in [6.45, 7) is 3.02. The van der Waals surface area contributed by atoms with E-state index < -0.39 is 11.9 Å². The zero-order valence-electron chi connectivity index (χ0n) is 27.8. The fraction of sp³-hybridized carbons (Fsp3) is 0.341. The lowest BCUT2D eigenvalue weighted by atomic mass is 9.67. The Morgan fingerprint density at radius 1 is 0.708 bits per heavy atom. The summed E-state index contributed by atoms with van der Waals surface area (Å²) in [6.07, 6.45) is 12.6. The molecule has 7 nitrogen and oxygen atoms in total. The predicted molar refractivity (Wildman–Crippen MR) is 189 cm³/mol. The molecule has 0 heterocycles. The van der Waals surface area contributed by atoms with E-state index in [0.717, 1.165) is 51.8 Å². The Morgan fingerprint density at radius 3 is 2.08 bits per heavy atom. The SMILES string of the molecule is CCCCCCCCCCCCNC(=O)c1c2ccc(-c3ccccc3)c1C2c1ccc(Oc2cccc(CNC(=O)C(=O)O)c2)cc1. The Kier molecular flexibility index (Phi) is 12.4. The summed E-state index contributed by atoms with van der Waals surface area (Å²) < 4.78 is 6.08. The molecule has 0 spiro atoms. The number of amides is 2. The second-order valence-corrected chi connectivity index (χ2v) is 12.5. The summed E-state index contributed by atoms with van der Waals surface area (Å²) in [5.41, 5.74) is 6.86. The van der Waals surface area contributed by atoms with E-state index in [2.05, 4.69) is 41.8 Å². The predicted octanol–water partition coefficient (Wildman–Crippen LogP) is 8.99. The van der Waals surface area contributed by atoms with E-state index in [1.165, 1.54) is 51.4 Å². The van der Waals surface area contributed by atoms with Gasteiger partial charge in [0.1, 0.15) is 11.5 Å². The molecule has 1 unspecified atom stereocenters. The average molecular weight is 647 g/mol. The fourth-order valence-electron chi connectivity index (χ4n) is 6.47. The second-order valence-electron chi connectivity index (χ2n) is 12.5. The molecule has 0 saturated heterocycles. The van der Waals surface area contributed by atoms with Gasteiger partial charge in [-0.25, -0.2) is 4.79 Å². The van der Waals surface area contributed by atoms with Gasteiger partial charge in [-0.1, -0.05) is 131 Å².